The van der Waals surface area contributed by atoms with Crippen molar-refractivity contribution < 1.29 is 37.3 Å². The van der Waals surface area contributed by atoms with E-state index in [1.54, 1.807) is 0 Å². The van der Waals surface area contributed by atoms with E-state index < -0.39 is 13.9 Å². The van der Waals surface area contributed by atoms with Crippen LogP contribution < -0.4 is 0 Å². The van der Waals surface area contributed by atoms with Crippen LogP contribution in [0.2, 0.25) is 0 Å². The topological polar surface area (TPSA) is 91.3 Å². The van der Waals surface area contributed by atoms with E-state index >= 15 is 0 Å². The molecule has 0 radical (unpaired) electrons. The number of esters is 1. The Bertz CT molecular complexity index is 1160. The van der Waals surface area contributed by atoms with Crippen molar-refractivity contribution in [2.24, 2.45) is 0 Å². The molecule has 8 nitrogen and oxygen atoms in total. The summed E-state index contributed by atoms with van der Waals surface area (Å²) in [5.74, 6) is -0.317. The van der Waals surface area contributed by atoms with Gasteiger partial charge in [-0.25, -0.2) is 4.57 Å². The highest BCUT2D eigenvalue weighted by molar-refractivity contribution is 7.47. The number of hydrogen-bond donors (Lipinski definition) is 1. The van der Waals surface area contributed by atoms with Crippen LogP contribution in [0.4, 0.5) is 0 Å². The lowest BCUT2D eigenvalue weighted by molar-refractivity contribution is -0.870. The lowest BCUT2D eigenvalue weighted by Gasteiger charge is -2.24. The number of hydrogen-bond acceptors (Lipinski definition) is 6. The van der Waals surface area contributed by atoms with Crippen molar-refractivity contribution in [1.82, 2.24) is 0 Å². The third-order valence-corrected chi connectivity index (χ3v) is 12.6. The van der Waals surface area contributed by atoms with Gasteiger partial charge in [0.05, 0.1) is 34.4 Å². The Hall–Kier alpha value is -1.54. The second-order valence-electron chi connectivity index (χ2n) is 19.3. The molecule has 2 unspecified atom stereocenters. The standard InChI is InChI=1S/C55H104NO7P/c1-6-8-10-12-14-16-18-20-22-24-25-26-27-28-29-30-31-32-34-36-38-40-42-44-46-48-55(57)63-54(53-62-64(58,59)61-51-49-56(3,4)5)52-60-50-47-45-43-41-39-37-35-33-23-21-19-17-15-13-11-9-7-2/h17-20,23-25,33,54H,6-16,21-22,26-32,34-53H2,1-5H3/p+1/b19-17-,20-18-,25-24-,33-23-. The molecule has 0 aliphatic rings. The molecule has 0 saturated carbocycles. The average molecular weight is 923 g/mol. The fraction of sp³-hybridized carbons (Fsp3) is 0.836. The number of nitrogens with zero attached hydrogens (tertiary/aromatic N) is 1. The van der Waals surface area contributed by atoms with Crippen molar-refractivity contribution in [1.29, 1.82) is 0 Å². The molecule has 0 spiro atoms. The second-order valence-corrected chi connectivity index (χ2v) is 20.7. The van der Waals surface area contributed by atoms with Gasteiger partial charge in [-0.3, -0.25) is 13.8 Å². The van der Waals surface area contributed by atoms with Gasteiger partial charge in [-0.2, -0.15) is 0 Å². The summed E-state index contributed by atoms with van der Waals surface area (Å²) in [5.41, 5.74) is 0. The molecule has 0 aromatic heterocycles. The highest BCUT2D eigenvalue weighted by Gasteiger charge is 2.26. The second kappa shape index (κ2) is 47.9. The Labute approximate surface area is 397 Å². The summed E-state index contributed by atoms with van der Waals surface area (Å²) in [6, 6.07) is 0. The fourth-order valence-corrected chi connectivity index (χ4v) is 8.18. The molecule has 0 rings (SSSR count). The molecule has 0 aromatic carbocycles. The summed E-state index contributed by atoms with van der Waals surface area (Å²) in [6.07, 6.45) is 60.2. The van der Waals surface area contributed by atoms with Gasteiger partial charge in [-0.05, 0) is 77.0 Å². The number of phosphoric ester groups is 1. The minimum Gasteiger partial charge on any atom is -0.457 e. The Morgan fingerprint density at radius 3 is 1.28 bits per heavy atom. The number of carbonyl (C=O) groups is 1. The maximum Gasteiger partial charge on any atom is 0.472 e. The molecular weight excluding hydrogens is 818 g/mol. The molecule has 0 bridgehead atoms. The van der Waals surface area contributed by atoms with Crippen LogP contribution in [0.3, 0.4) is 0 Å². The summed E-state index contributed by atoms with van der Waals surface area (Å²) >= 11 is 0. The summed E-state index contributed by atoms with van der Waals surface area (Å²) in [4.78, 5) is 23.0. The molecule has 0 amide bonds. The molecule has 376 valence electrons. The van der Waals surface area contributed by atoms with E-state index in [9.17, 15) is 14.3 Å². The average Bonchev–Trinajstić information content (AvgIpc) is 3.25. The first-order valence-corrected chi connectivity index (χ1v) is 28.4. The zero-order valence-electron chi connectivity index (χ0n) is 42.8. The Kier molecular flexibility index (Phi) is 46.8. The molecule has 0 aromatic rings. The van der Waals surface area contributed by atoms with Gasteiger partial charge >= 0.3 is 13.8 Å². The number of carbonyl (C=O) groups excluding carboxylic acids is 1. The molecule has 9 heteroatoms. The Morgan fingerprint density at radius 1 is 0.484 bits per heavy atom. The van der Waals surface area contributed by atoms with Crippen molar-refractivity contribution in [3.8, 4) is 0 Å². The molecule has 0 saturated heterocycles. The summed E-state index contributed by atoms with van der Waals surface area (Å²) in [7, 11) is 1.66. The third kappa shape index (κ3) is 51.4. The summed E-state index contributed by atoms with van der Waals surface area (Å²) in [5, 5.41) is 0. The normalized spacial score (nSPS) is 13.9. The van der Waals surface area contributed by atoms with Gasteiger partial charge in [-0.1, -0.05) is 204 Å². The van der Waals surface area contributed by atoms with Crippen molar-refractivity contribution in [3.05, 3.63) is 48.6 Å². The van der Waals surface area contributed by atoms with Crippen molar-refractivity contribution >= 4 is 13.8 Å². The first kappa shape index (κ1) is 62.5. The summed E-state index contributed by atoms with van der Waals surface area (Å²) < 4.78 is 35.2. The van der Waals surface area contributed by atoms with Crippen molar-refractivity contribution in [2.45, 2.75) is 245 Å². The zero-order valence-corrected chi connectivity index (χ0v) is 43.7. The lowest BCUT2D eigenvalue weighted by Crippen LogP contribution is -2.37. The van der Waals surface area contributed by atoms with Crippen LogP contribution in [0.15, 0.2) is 48.6 Å². The van der Waals surface area contributed by atoms with E-state index in [-0.39, 0.29) is 25.8 Å². The smallest absolute Gasteiger partial charge is 0.457 e. The number of ether oxygens (including phenoxy) is 2. The molecule has 0 aliphatic carbocycles. The number of phosphoric acid groups is 1. The van der Waals surface area contributed by atoms with Crippen LogP contribution in [0.5, 0.6) is 0 Å². The Balaban J connectivity index is 4.10. The number of likely N-dealkylation sites (N-methyl/N-ethyl adjacent to an activating group) is 1. The van der Waals surface area contributed by atoms with E-state index in [0.717, 1.165) is 51.4 Å². The highest BCUT2D eigenvalue weighted by atomic mass is 31.2. The van der Waals surface area contributed by atoms with Crippen LogP contribution >= 0.6 is 7.82 Å². The monoisotopic (exact) mass is 923 g/mol. The van der Waals surface area contributed by atoms with Gasteiger partial charge in [0.15, 0.2) is 0 Å². The van der Waals surface area contributed by atoms with Crippen LogP contribution in [-0.2, 0) is 27.9 Å². The predicted octanol–water partition coefficient (Wildman–Crippen LogP) is 16.7. The molecule has 0 heterocycles. The minimum atomic E-state index is -4.28. The van der Waals surface area contributed by atoms with E-state index in [0.29, 0.717) is 24.1 Å². The fourth-order valence-electron chi connectivity index (χ4n) is 7.44. The van der Waals surface area contributed by atoms with Gasteiger partial charge in [0.1, 0.15) is 19.3 Å². The molecule has 1 N–H and O–H groups in total. The number of rotatable bonds is 50. The molecule has 0 fully saturated rings. The van der Waals surface area contributed by atoms with Crippen LogP contribution in [0, 0.1) is 0 Å². The Morgan fingerprint density at radius 2 is 0.859 bits per heavy atom. The van der Waals surface area contributed by atoms with E-state index in [1.807, 2.05) is 21.1 Å². The molecule has 2 atom stereocenters. The van der Waals surface area contributed by atoms with Crippen LogP contribution in [0.1, 0.15) is 239 Å². The number of allylic oxidation sites excluding steroid dienone is 8. The first-order valence-electron chi connectivity index (χ1n) is 26.9. The largest absolute Gasteiger partial charge is 0.472 e. The summed E-state index contributed by atoms with van der Waals surface area (Å²) in [6.45, 7) is 5.60. The maximum absolute atomic E-state index is 12.8. The number of unbranched alkanes of at least 4 members (excludes halogenated alkanes) is 28. The SMILES string of the molecule is CCCCCC/C=C\C/C=C\CCCCCCCCOCC(COP(=O)(O)OCC[N+](C)(C)C)OC(=O)CCCCCCCCCCCCCCC/C=C\C/C=C\CCCCCCC. The molecule has 0 aliphatic heterocycles. The molecule has 64 heavy (non-hydrogen) atoms. The molecular formula is C55H105NO7P+. The van der Waals surface area contributed by atoms with Crippen molar-refractivity contribution in [2.75, 3.05) is 54.1 Å². The maximum atomic E-state index is 12.8. The van der Waals surface area contributed by atoms with Gasteiger partial charge in [0.25, 0.3) is 0 Å². The minimum absolute atomic E-state index is 0.0857. The van der Waals surface area contributed by atoms with E-state index in [4.69, 9.17) is 18.5 Å². The third-order valence-electron chi connectivity index (χ3n) is 11.6. The lowest BCUT2D eigenvalue weighted by atomic mass is 10.0. The van der Waals surface area contributed by atoms with E-state index in [2.05, 4.69) is 62.5 Å². The van der Waals surface area contributed by atoms with Gasteiger partial charge < -0.3 is 18.9 Å². The van der Waals surface area contributed by atoms with Crippen molar-refractivity contribution in [3.63, 3.8) is 0 Å². The zero-order chi connectivity index (χ0) is 46.9. The van der Waals surface area contributed by atoms with Crippen LogP contribution in [-0.4, -0.2) is 75.6 Å². The highest BCUT2D eigenvalue weighted by Crippen LogP contribution is 2.43. The number of quaternary nitrogens is 1. The van der Waals surface area contributed by atoms with Gasteiger partial charge in [0.2, 0.25) is 0 Å². The van der Waals surface area contributed by atoms with Gasteiger partial charge in [0, 0.05) is 13.0 Å². The van der Waals surface area contributed by atoms with Gasteiger partial charge in [-0.15, -0.1) is 0 Å². The predicted molar refractivity (Wildman–Crippen MR) is 275 cm³/mol. The first-order chi connectivity index (χ1) is 31.1. The van der Waals surface area contributed by atoms with Crippen LogP contribution in [0.25, 0.3) is 0 Å². The van der Waals surface area contributed by atoms with E-state index in [1.165, 1.54) is 167 Å². The quantitative estimate of drug-likeness (QED) is 0.0214.